The molecule has 2 rings (SSSR count). The van der Waals surface area contributed by atoms with E-state index < -0.39 is 0 Å². The molecule has 1 saturated heterocycles. The van der Waals surface area contributed by atoms with Gasteiger partial charge in [0.1, 0.15) is 0 Å². The van der Waals surface area contributed by atoms with Gasteiger partial charge in [0.05, 0.1) is 7.11 Å². The summed E-state index contributed by atoms with van der Waals surface area (Å²) in [5, 5.41) is 9.70. The highest BCUT2D eigenvalue weighted by atomic mass is 16.5. The molecule has 0 spiro atoms. The van der Waals surface area contributed by atoms with Gasteiger partial charge in [-0.2, -0.15) is 0 Å². The van der Waals surface area contributed by atoms with Crippen LogP contribution in [0.2, 0.25) is 0 Å². The van der Waals surface area contributed by atoms with E-state index in [0.717, 1.165) is 13.1 Å². The predicted molar refractivity (Wildman–Crippen MR) is 81.4 cm³/mol. The molecule has 1 aromatic carbocycles. The van der Waals surface area contributed by atoms with E-state index in [2.05, 4.69) is 30.8 Å². The van der Waals surface area contributed by atoms with Crippen LogP contribution in [0, 0.1) is 0 Å². The van der Waals surface area contributed by atoms with Gasteiger partial charge in [-0.3, -0.25) is 4.90 Å². The van der Waals surface area contributed by atoms with Gasteiger partial charge in [-0.25, -0.2) is 0 Å². The van der Waals surface area contributed by atoms with Crippen LogP contribution in [0.15, 0.2) is 18.2 Å². The number of piperidine rings is 1. The number of phenols is 1. The van der Waals surface area contributed by atoms with Gasteiger partial charge in [0.15, 0.2) is 11.5 Å². The Bertz CT molecular complexity index is 448. The van der Waals surface area contributed by atoms with Crippen molar-refractivity contribution in [3.63, 3.8) is 0 Å². The SMILES string of the molecule is COc1cc(C(C)N2CCCC(N(C)C)C2)ccc1O. The molecule has 1 heterocycles. The Morgan fingerprint density at radius 3 is 2.80 bits per heavy atom. The molecular weight excluding hydrogens is 252 g/mol. The summed E-state index contributed by atoms with van der Waals surface area (Å²) < 4.78 is 5.21. The Hall–Kier alpha value is -1.26. The molecule has 112 valence electrons. The maximum Gasteiger partial charge on any atom is 0.160 e. The highest BCUT2D eigenvalue weighted by Crippen LogP contribution is 2.32. The van der Waals surface area contributed by atoms with Crippen LogP contribution in [0.5, 0.6) is 11.5 Å². The van der Waals surface area contributed by atoms with Crippen molar-refractivity contribution in [3.05, 3.63) is 23.8 Å². The fourth-order valence-corrected chi connectivity index (χ4v) is 2.92. The Balaban J connectivity index is 2.12. The third-order valence-electron chi connectivity index (χ3n) is 4.39. The number of likely N-dealkylation sites (tertiary alicyclic amines) is 1. The minimum Gasteiger partial charge on any atom is -0.504 e. The summed E-state index contributed by atoms with van der Waals surface area (Å²) in [5.41, 5.74) is 1.19. The van der Waals surface area contributed by atoms with Crippen LogP contribution in [-0.4, -0.2) is 55.2 Å². The minimum atomic E-state index is 0.202. The molecule has 0 aromatic heterocycles. The van der Waals surface area contributed by atoms with Crippen LogP contribution in [0.3, 0.4) is 0 Å². The number of aromatic hydroxyl groups is 1. The molecule has 0 aliphatic carbocycles. The average molecular weight is 278 g/mol. The van der Waals surface area contributed by atoms with E-state index in [9.17, 15) is 5.11 Å². The zero-order chi connectivity index (χ0) is 14.7. The second-order valence-electron chi connectivity index (χ2n) is 5.86. The molecule has 2 unspecified atom stereocenters. The zero-order valence-electron chi connectivity index (χ0n) is 13.0. The third kappa shape index (κ3) is 3.25. The molecule has 4 nitrogen and oxygen atoms in total. The van der Waals surface area contributed by atoms with Crippen LogP contribution >= 0.6 is 0 Å². The van der Waals surface area contributed by atoms with Gasteiger partial charge in [-0.15, -0.1) is 0 Å². The molecule has 20 heavy (non-hydrogen) atoms. The van der Waals surface area contributed by atoms with Crippen molar-refractivity contribution in [1.29, 1.82) is 0 Å². The molecular formula is C16H26N2O2. The molecule has 1 fully saturated rings. The number of hydrogen-bond acceptors (Lipinski definition) is 4. The minimum absolute atomic E-state index is 0.202. The first-order valence-electron chi connectivity index (χ1n) is 7.30. The Morgan fingerprint density at radius 2 is 2.15 bits per heavy atom. The van der Waals surface area contributed by atoms with Crippen LogP contribution in [0.25, 0.3) is 0 Å². The number of phenolic OH excluding ortho intramolecular Hbond substituents is 1. The molecule has 0 saturated carbocycles. The number of methoxy groups -OCH3 is 1. The summed E-state index contributed by atoms with van der Waals surface area (Å²) >= 11 is 0. The quantitative estimate of drug-likeness (QED) is 0.918. The van der Waals surface area contributed by atoms with E-state index in [1.54, 1.807) is 13.2 Å². The average Bonchev–Trinajstić information content (AvgIpc) is 2.47. The zero-order valence-corrected chi connectivity index (χ0v) is 13.0. The molecule has 2 atom stereocenters. The summed E-state index contributed by atoms with van der Waals surface area (Å²) in [6.07, 6.45) is 2.51. The van der Waals surface area contributed by atoms with Crippen molar-refractivity contribution < 1.29 is 9.84 Å². The number of hydrogen-bond donors (Lipinski definition) is 1. The van der Waals surface area contributed by atoms with Crippen molar-refractivity contribution >= 4 is 0 Å². The second kappa shape index (κ2) is 6.46. The van der Waals surface area contributed by atoms with Crippen LogP contribution in [0.4, 0.5) is 0 Å². The first-order valence-corrected chi connectivity index (χ1v) is 7.30. The van der Waals surface area contributed by atoms with Crippen molar-refractivity contribution in [3.8, 4) is 11.5 Å². The first-order chi connectivity index (χ1) is 9.52. The van der Waals surface area contributed by atoms with Crippen molar-refractivity contribution in [2.24, 2.45) is 0 Å². The van der Waals surface area contributed by atoms with Gasteiger partial charge < -0.3 is 14.7 Å². The molecule has 1 aliphatic heterocycles. The maximum atomic E-state index is 9.70. The van der Waals surface area contributed by atoms with Crippen molar-refractivity contribution in [1.82, 2.24) is 9.80 Å². The van der Waals surface area contributed by atoms with E-state index in [0.29, 0.717) is 17.8 Å². The normalized spacial score (nSPS) is 21.9. The summed E-state index contributed by atoms with van der Waals surface area (Å²) in [7, 11) is 5.90. The summed E-state index contributed by atoms with van der Waals surface area (Å²) in [6, 6.07) is 6.62. The number of rotatable bonds is 4. The predicted octanol–water partition coefficient (Wildman–Crippen LogP) is 2.49. The van der Waals surface area contributed by atoms with Crippen LogP contribution in [-0.2, 0) is 0 Å². The molecule has 1 N–H and O–H groups in total. The Morgan fingerprint density at radius 1 is 1.40 bits per heavy atom. The third-order valence-corrected chi connectivity index (χ3v) is 4.39. The summed E-state index contributed by atoms with van der Waals surface area (Å²) in [5.74, 6) is 0.754. The summed E-state index contributed by atoms with van der Waals surface area (Å²) in [6.45, 7) is 4.45. The number of ether oxygens (including phenoxy) is 1. The lowest BCUT2D eigenvalue weighted by atomic mass is 9.99. The maximum absolute atomic E-state index is 9.70. The fraction of sp³-hybridized carbons (Fsp3) is 0.625. The van der Waals surface area contributed by atoms with E-state index in [-0.39, 0.29) is 5.75 Å². The topological polar surface area (TPSA) is 35.9 Å². The van der Waals surface area contributed by atoms with Crippen molar-refractivity contribution in [2.45, 2.75) is 31.8 Å². The standard InChI is InChI=1S/C16H26N2O2/c1-12(13-7-8-15(19)16(10-13)20-4)18-9-5-6-14(11-18)17(2)3/h7-8,10,12,14,19H,5-6,9,11H2,1-4H3. The van der Waals surface area contributed by atoms with E-state index in [1.807, 2.05) is 12.1 Å². The monoisotopic (exact) mass is 278 g/mol. The fourth-order valence-electron chi connectivity index (χ4n) is 2.92. The number of likely N-dealkylation sites (N-methyl/N-ethyl adjacent to an activating group) is 1. The molecule has 4 heteroatoms. The molecule has 1 aliphatic rings. The molecule has 0 radical (unpaired) electrons. The van der Waals surface area contributed by atoms with Crippen molar-refractivity contribution in [2.75, 3.05) is 34.3 Å². The number of benzene rings is 1. The Kier molecular flexibility index (Phi) is 4.89. The first kappa shape index (κ1) is 15.1. The van der Waals surface area contributed by atoms with Gasteiger partial charge in [-0.1, -0.05) is 6.07 Å². The summed E-state index contributed by atoms with van der Waals surface area (Å²) in [4.78, 5) is 4.83. The Labute approximate surface area is 122 Å². The highest BCUT2D eigenvalue weighted by molar-refractivity contribution is 5.42. The second-order valence-corrected chi connectivity index (χ2v) is 5.86. The van der Waals surface area contributed by atoms with Gasteiger partial charge >= 0.3 is 0 Å². The van der Waals surface area contributed by atoms with Gasteiger partial charge in [-0.05, 0) is 58.1 Å². The van der Waals surface area contributed by atoms with E-state index in [1.165, 1.54) is 18.4 Å². The van der Waals surface area contributed by atoms with Gasteiger partial charge in [0.2, 0.25) is 0 Å². The number of nitrogens with zero attached hydrogens (tertiary/aromatic N) is 2. The lowest BCUT2D eigenvalue weighted by Crippen LogP contribution is -2.45. The van der Waals surface area contributed by atoms with Crippen LogP contribution < -0.4 is 4.74 Å². The molecule has 0 amide bonds. The highest BCUT2D eigenvalue weighted by Gasteiger charge is 2.25. The van der Waals surface area contributed by atoms with E-state index >= 15 is 0 Å². The largest absolute Gasteiger partial charge is 0.504 e. The van der Waals surface area contributed by atoms with E-state index in [4.69, 9.17) is 4.74 Å². The smallest absolute Gasteiger partial charge is 0.160 e. The van der Waals surface area contributed by atoms with Crippen LogP contribution in [0.1, 0.15) is 31.4 Å². The van der Waals surface area contributed by atoms with Gasteiger partial charge in [0, 0.05) is 18.6 Å². The lowest BCUT2D eigenvalue weighted by molar-refractivity contribution is 0.102. The molecule has 0 bridgehead atoms. The molecule has 1 aromatic rings. The van der Waals surface area contributed by atoms with Gasteiger partial charge in [0.25, 0.3) is 0 Å². The lowest BCUT2D eigenvalue weighted by Gasteiger charge is -2.39.